The summed E-state index contributed by atoms with van der Waals surface area (Å²) in [5.74, 6) is -0.281. The highest BCUT2D eigenvalue weighted by Gasteiger charge is 2.52. The van der Waals surface area contributed by atoms with Crippen LogP contribution in [0.4, 0.5) is 17.1 Å². The molecule has 3 aromatic carbocycles. The molecule has 11 nitrogen and oxygen atoms in total. The maximum atomic E-state index is 13.3. The monoisotopic (exact) mass is 724 g/mol. The summed E-state index contributed by atoms with van der Waals surface area (Å²) in [7, 11) is 0. The molecule has 11 heteroatoms. The van der Waals surface area contributed by atoms with Gasteiger partial charge in [0.2, 0.25) is 11.8 Å². The van der Waals surface area contributed by atoms with Crippen LogP contribution in [0.5, 0.6) is 0 Å². The van der Waals surface area contributed by atoms with E-state index in [1.807, 2.05) is 19.9 Å². The first kappa shape index (κ1) is 35.3. The molecular weight excluding hydrogens is 681 g/mol. The number of fused-ring (bicyclic) bond motifs is 1. The van der Waals surface area contributed by atoms with Crippen molar-refractivity contribution in [3.63, 3.8) is 0 Å². The van der Waals surface area contributed by atoms with Crippen LogP contribution in [0, 0.1) is 39.2 Å². The third-order valence-electron chi connectivity index (χ3n) is 11.9. The summed E-state index contributed by atoms with van der Waals surface area (Å²) in [5, 5.41) is 9.96. The molecule has 276 valence electrons. The normalized spacial score (nSPS) is 21.7. The summed E-state index contributed by atoms with van der Waals surface area (Å²) in [4.78, 5) is 57.9. The number of nitrogens with one attached hydrogen (secondary N) is 2. The maximum absolute atomic E-state index is 13.3. The maximum Gasteiger partial charge on any atom is 0.262 e. The van der Waals surface area contributed by atoms with Crippen LogP contribution in [-0.2, 0) is 15.1 Å². The Labute approximate surface area is 314 Å². The molecule has 4 aliphatic rings. The van der Waals surface area contributed by atoms with Gasteiger partial charge in [-0.1, -0.05) is 17.3 Å². The summed E-state index contributed by atoms with van der Waals surface area (Å²) < 4.78 is 5.52. The molecule has 0 radical (unpaired) electrons. The van der Waals surface area contributed by atoms with Crippen LogP contribution < -0.4 is 15.5 Å². The second kappa shape index (κ2) is 13.9. The fourth-order valence-electron chi connectivity index (χ4n) is 8.55. The van der Waals surface area contributed by atoms with Crippen molar-refractivity contribution in [3.8, 4) is 11.1 Å². The number of nitrogens with zero attached hydrogens (tertiary/aromatic N) is 4. The summed E-state index contributed by atoms with van der Waals surface area (Å²) in [5.41, 5.74) is 8.49. The number of aryl methyl sites for hydroxylation is 3. The van der Waals surface area contributed by atoms with Crippen molar-refractivity contribution in [1.82, 2.24) is 15.4 Å². The van der Waals surface area contributed by atoms with Crippen molar-refractivity contribution in [1.29, 1.82) is 0 Å². The Balaban J connectivity index is 0.946. The number of rotatable bonds is 10. The average molecular weight is 725 g/mol. The number of benzene rings is 3. The molecule has 2 aliphatic heterocycles. The van der Waals surface area contributed by atoms with E-state index in [4.69, 9.17) is 11.1 Å². The fourth-order valence-corrected chi connectivity index (χ4v) is 8.55. The highest BCUT2D eigenvalue weighted by molar-refractivity contribution is 6.23. The van der Waals surface area contributed by atoms with E-state index in [-0.39, 0.29) is 29.5 Å². The number of carbonyl (C=O) groups excluding carboxylic acids is 4. The van der Waals surface area contributed by atoms with Gasteiger partial charge in [0.1, 0.15) is 11.8 Å². The standard InChI is InChI=1S/C43H44N6O5/c1-25-5-10-30(39-26(2)47-54-27(39)3)21-37(25)48(33-14-11-31(12-15-33)43(44-4)19-20-43)24-29-8-6-28(7-9-29)23-45-32-13-16-34-35(22-32)42(53)49(41(34)52)36-17-18-38(50)46-40(36)51/h5,10-16,21-22,28-29,36,45H,6-9,17-20,23-24H2,1-3H3,(H,46,50,51). The molecule has 3 heterocycles. The Hall–Kier alpha value is -5.76. The minimum atomic E-state index is -0.980. The van der Waals surface area contributed by atoms with Crippen LogP contribution in [0.1, 0.15) is 94.7 Å². The van der Waals surface area contributed by atoms with E-state index in [0.29, 0.717) is 11.8 Å². The number of hydrogen-bond donors (Lipinski definition) is 2. The van der Waals surface area contributed by atoms with Gasteiger partial charge in [0.15, 0.2) is 0 Å². The van der Waals surface area contributed by atoms with Crippen molar-refractivity contribution in [2.75, 3.05) is 23.3 Å². The molecule has 2 saturated carbocycles. The molecule has 0 bridgehead atoms. The van der Waals surface area contributed by atoms with Gasteiger partial charge >= 0.3 is 0 Å². The SMILES string of the molecule is [C-]#[N+]C1(c2ccc(N(CC3CCC(CNc4ccc5c(c4)C(=O)N(C4CCC(=O)NC4=O)C5=O)CC3)c3cc(-c4c(C)noc4C)ccc3C)cc2)CC1. The van der Waals surface area contributed by atoms with Gasteiger partial charge in [-0.15, -0.1) is 0 Å². The van der Waals surface area contributed by atoms with Crippen LogP contribution in [0.2, 0.25) is 0 Å². The second-order valence-corrected chi connectivity index (χ2v) is 15.5. The molecule has 3 fully saturated rings. The number of carbonyl (C=O) groups is 4. The Morgan fingerprint density at radius 1 is 0.907 bits per heavy atom. The van der Waals surface area contributed by atoms with Crippen molar-refractivity contribution in [3.05, 3.63) is 106 Å². The number of hydrogen-bond acceptors (Lipinski definition) is 8. The van der Waals surface area contributed by atoms with Gasteiger partial charge in [-0.05, 0) is 124 Å². The number of aromatic nitrogens is 1. The Morgan fingerprint density at radius 3 is 2.30 bits per heavy atom. The molecule has 8 rings (SSSR count). The van der Waals surface area contributed by atoms with Crippen molar-refractivity contribution < 1.29 is 23.7 Å². The summed E-state index contributed by atoms with van der Waals surface area (Å²) in [6.07, 6.45) is 6.32. The number of amides is 4. The second-order valence-electron chi connectivity index (χ2n) is 15.5. The highest BCUT2D eigenvalue weighted by Crippen LogP contribution is 2.50. The van der Waals surface area contributed by atoms with Gasteiger partial charge < -0.3 is 19.6 Å². The molecule has 1 unspecified atom stereocenters. The highest BCUT2D eigenvalue weighted by atomic mass is 16.5. The van der Waals surface area contributed by atoms with Crippen LogP contribution in [0.3, 0.4) is 0 Å². The minimum Gasteiger partial charge on any atom is -0.385 e. The lowest BCUT2D eigenvalue weighted by molar-refractivity contribution is -0.136. The molecule has 1 atom stereocenters. The first-order valence-corrected chi connectivity index (χ1v) is 19.0. The molecular formula is C43H44N6O5. The molecule has 2 N–H and O–H groups in total. The van der Waals surface area contributed by atoms with Gasteiger partial charge in [-0.25, -0.2) is 6.57 Å². The molecule has 2 aliphatic carbocycles. The average Bonchev–Trinajstić information content (AvgIpc) is 3.86. The van der Waals surface area contributed by atoms with E-state index in [1.165, 1.54) is 5.56 Å². The Bertz CT molecular complexity index is 2190. The minimum absolute atomic E-state index is 0.0883. The number of imide groups is 2. The van der Waals surface area contributed by atoms with Crippen LogP contribution in [0.25, 0.3) is 16.0 Å². The molecule has 4 aromatic rings. The van der Waals surface area contributed by atoms with E-state index >= 15 is 0 Å². The Kier molecular flexibility index (Phi) is 9.08. The summed E-state index contributed by atoms with van der Waals surface area (Å²) >= 11 is 0. The lowest BCUT2D eigenvalue weighted by Crippen LogP contribution is -2.54. The van der Waals surface area contributed by atoms with E-state index < -0.39 is 29.7 Å². The molecule has 1 saturated heterocycles. The third kappa shape index (κ3) is 6.44. The van der Waals surface area contributed by atoms with Gasteiger partial charge in [0, 0.05) is 60.5 Å². The zero-order valence-electron chi connectivity index (χ0n) is 30.9. The first-order chi connectivity index (χ1) is 26.0. The largest absolute Gasteiger partial charge is 0.385 e. The smallest absolute Gasteiger partial charge is 0.262 e. The summed E-state index contributed by atoms with van der Waals surface area (Å²) in [6.45, 7) is 15.4. The lowest BCUT2D eigenvalue weighted by Gasteiger charge is -2.35. The molecule has 4 amide bonds. The summed E-state index contributed by atoms with van der Waals surface area (Å²) in [6, 6.07) is 19.4. The lowest BCUT2D eigenvalue weighted by atomic mass is 9.81. The topological polar surface area (TPSA) is 129 Å². The predicted molar refractivity (Wildman–Crippen MR) is 204 cm³/mol. The number of piperidine rings is 1. The van der Waals surface area contributed by atoms with E-state index in [1.54, 1.807) is 12.1 Å². The molecule has 1 aromatic heterocycles. The van der Waals surface area contributed by atoms with Crippen LogP contribution >= 0.6 is 0 Å². The first-order valence-electron chi connectivity index (χ1n) is 19.0. The van der Waals surface area contributed by atoms with Crippen molar-refractivity contribution in [2.45, 2.75) is 83.7 Å². The Morgan fingerprint density at radius 2 is 1.63 bits per heavy atom. The quantitative estimate of drug-likeness (QED) is 0.126. The van der Waals surface area contributed by atoms with Gasteiger partial charge in [-0.3, -0.25) is 29.4 Å². The van der Waals surface area contributed by atoms with Gasteiger partial charge in [-0.2, -0.15) is 0 Å². The van der Waals surface area contributed by atoms with E-state index in [0.717, 1.165) is 102 Å². The number of anilines is 3. The van der Waals surface area contributed by atoms with Crippen molar-refractivity contribution >= 4 is 40.7 Å². The molecule has 54 heavy (non-hydrogen) atoms. The fraction of sp³-hybridized carbons (Fsp3) is 0.395. The van der Waals surface area contributed by atoms with Gasteiger partial charge in [0.05, 0.1) is 16.8 Å². The van der Waals surface area contributed by atoms with Gasteiger partial charge in [0.25, 0.3) is 17.4 Å². The van der Waals surface area contributed by atoms with E-state index in [2.05, 4.69) is 74.9 Å². The van der Waals surface area contributed by atoms with Crippen LogP contribution in [-0.4, -0.2) is 52.8 Å². The molecule has 0 spiro atoms. The van der Waals surface area contributed by atoms with E-state index in [9.17, 15) is 19.2 Å². The predicted octanol–water partition coefficient (Wildman–Crippen LogP) is 7.63. The third-order valence-corrected chi connectivity index (χ3v) is 11.9. The zero-order chi connectivity index (χ0) is 37.7. The van der Waals surface area contributed by atoms with Crippen LogP contribution in [0.15, 0.2) is 65.2 Å². The zero-order valence-corrected chi connectivity index (χ0v) is 30.9. The van der Waals surface area contributed by atoms with Crippen molar-refractivity contribution in [2.24, 2.45) is 11.8 Å².